The highest BCUT2D eigenvalue weighted by atomic mass is 19.1. The van der Waals surface area contributed by atoms with Gasteiger partial charge in [0, 0.05) is 18.0 Å². The van der Waals surface area contributed by atoms with Crippen molar-refractivity contribution in [1.29, 1.82) is 0 Å². The molecule has 2 atom stereocenters. The second kappa shape index (κ2) is 11.4. The molecule has 1 aromatic heterocycles. The summed E-state index contributed by atoms with van der Waals surface area (Å²) in [6.45, 7) is 3.87. The molecule has 1 amide bonds. The molecule has 34 heavy (non-hydrogen) atoms. The van der Waals surface area contributed by atoms with E-state index in [9.17, 15) is 24.2 Å². The Balaban J connectivity index is 1.98. The second-order valence-electron chi connectivity index (χ2n) is 9.06. The number of aromatic nitrogens is 2. The average molecular weight is 474 g/mol. The largest absolute Gasteiger partial charge is 0.481 e. The van der Waals surface area contributed by atoms with Crippen molar-refractivity contribution >= 4 is 18.0 Å². The molecule has 1 heterocycles. The van der Waals surface area contributed by atoms with Gasteiger partial charge in [-0.25, -0.2) is 9.07 Å². The minimum absolute atomic E-state index is 0.0899. The third-order valence-electron chi connectivity index (χ3n) is 5.91. The molecule has 0 spiro atoms. The summed E-state index contributed by atoms with van der Waals surface area (Å²) in [5.41, 5.74) is 2.04. The molecule has 0 radical (unpaired) electrons. The number of carbonyl (C=O) groups excluding carboxylic acids is 1. The summed E-state index contributed by atoms with van der Waals surface area (Å²) in [6, 6.07) is 5.81. The van der Waals surface area contributed by atoms with Gasteiger partial charge in [-0.1, -0.05) is 32.8 Å². The molecule has 1 saturated carbocycles. The van der Waals surface area contributed by atoms with Crippen LogP contribution in [0.25, 0.3) is 11.8 Å². The van der Waals surface area contributed by atoms with Crippen LogP contribution in [0.3, 0.4) is 0 Å². The van der Waals surface area contributed by atoms with Crippen molar-refractivity contribution in [3.05, 3.63) is 53.1 Å². The normalized spacial score (nSPS) is 16.3. The van der Waals surface area contributed by atoms with Crippen molar-refractivity contribution in [2.45, 2.75) is 76.5 Å². The van der Waals surface area contributed by atoms with Crippen molar-refractivity contribution in [2.75, 3.05) is 0 Å². The summed E-state index contributed by atoms with van der Waals surface area (Å²) in [5, 5.41) is 36.6. The van der Waals surface area contributed by atoms with Gasteiger partial charge in [0.05, 0.1) is 30.0 Å². The predicted octanol–water partition coefficient (Wildman–Crippen LogP) is 3.41. The lowest BCUT2D eigenvalue weighted by molar-refractivity contribution is -0.139. The maximum absolute atomic E-state index is 13.5. The molecule has 1 fully saturated rings. The van der Waals surface area contributed by atoms with E-state index in [1.54, 1.807) is 18.2 Å². The van der Waals surface area contributed by atoms with Gasteiger partial charge < -0.3 is 20.6 Å². The van der Waals surface area contributed by atoms with E-state index >= 15 is 0 Å². The molecule has 9 heteroatoms. The number of hydrogen-bond acceptors (Lipinski definition) is 5. The standard InChI is InChI=1S/C25H32FN3O5/c1-15(2)23-21(12-11-19(30)13-20(31)14-22(32)33)29(18-9-7-16(26)8-10-18)28-24(23)25(34)27-17-5-3-4-6-17/h7-12,15,17,19-20,30-31H,3-6,13-14H2,1-2H3,(H,27,34)(H,32,33)/t19-,20+/m0/s1. The van der Waals surface area contributed by atoms with E-state index in [0.29, 0.717) is 16.9 Å². The first kappa shape index (κ1) is 25.6. The van der Waals surface area contributed by atoms with Crippen LogP contribution in [0.5, 0.6) is 0 Å². The lowest BCUT2D eigenvalue weighted by atomic mass is 9.98. The highest BCUT2D eigenvalue weighted by Gasteiger charge is 2.27. The number of aliphatic hydroxyl groups is 2. The second-order valence-corrected chi connectivity index (χ2v) is 9.06. The number of benzene rings is 1. The van der Waals surface area contributed by atoms with Crippen LogP contribution in [0.2, 0.25) is 0 Å². The Labute approximate surface area is 198 Å². The summed E-state index contributed by atoms with van der Waals surface area (Å²) >= 11 is 0. The molecular formula is C25H32FN3O5. The molecule has 0 aliphatic heterocycles. The van der Waals surface area contributed by atoms with E-state index < -0.39 is 30.4 Å². The molecule has 1 aliphatic rings. The van der Waals surface area contributed by atoms with Crippen LogP contribution in [0.1, 0.15) is 80.0 Å². The van der Waals surface area contributed by atoms with Crippen molar-refractivity contribution in [1.82, 2.24) is 15.1 Å². The number of carbonyl (C=O) groups is 2. The third kappa shape index (κ3) is 6.51. The van der Waals surface area contributed by atoms with E-state index in [1.165, 1.54) is 22.9 Å². The lowest BCUT2D eigenvalue weighted by Crippen LogP contribution is -2.33. The van der Waals surface area contributed by atoms with E-state index in [1.807, 2.05) is 13.8 Å². The molecule has 3 rings (SSSR count). The first-order chi connectivity index (χ1) is 16.2. The molecule has 2 aromatic rings. The topological polar surface area (TPSA) is 125 Å². The quantitative estimate of drug-likeness (QED) is 0.419. The first-order valence-electron chi connectivity index (χ1n) is 11.6. The minimum Gasteiger partial charge on any atom is -0.481 e. The number of rotatable bonds is 10. The highest BCUT2D eigenvalue weighted by molar-refractivity contribution is 5.95. The number of carboxylic acid groups (broad SMARTS) is 1. The number of nitrogens with one attached hydrogen (secondary N) is 1. The van der Waals surface area contributed by atoms with Crippen LogP contribution in [-0.4, -0.2) is 55.2 Å². The van der Waals surface area contributed by atoms with Crippen LogP contribution in [0.4, 0.5) is 4.39 Å². The average Bonchev–Trinajstić information content (AvgIpc) is 3.39. The fourth-order valence-electron chi connectivity index (χ4n) is 4.29. The summed E-state index contributed by atoms with van der Waals surface area (Å²) in [4.78, 5) is 23.9. The zero-order valence-corrected chi connectivity index (χ0v) is 19.4. The molecule has 4 N–H and O–H groups in total. The van der Waals surface area contributed by atoms with Gasteiger partial charge in [0.25, 0.3) is 5.91 Å². The highest BCUT2D eigenvalue weighted by Crippen LogP contribution is 2.29. The van der Waals surface area contributed by atoms with E-state index in [0.717, 1.165) is 25.7 Å². The third-order valence-corrected chi connectivity index (χ3v) is 5.91. The van der Waals surface area contributed by atoms with Gasteiger partial charge in [0.15, 0.2) is 5.69 Å². The Morgan fingerprint density at radius 3 is 2.44 bits per heavy atom. The zero-order valence-electron chi connectivity index (χ0n) is 19.4. The van der Waals surface area contributed by atoms with Crippen molar-refractivity contribution in [2.24, 2.45) is 0 Å². The van der Waals surface area contributed by atoms with Crippen molar-refractivity contribution in [3.63, 3.8) is 0 Å². The molecule has 1 aliphatic carbocycles. The predicted molar refractivity (Wildman–Crippen MR) is 125 cm³/mol. The maximum atomic E-state index is 13.5. The smallest absolute Gasteiger partial charge is 0.305 e. The molecule has 0 unspecified atom stereocenters. The fourth-order valence-corrected chi connectivity index (χ4v) is 4.29. The lowest BCUT2D eigenvalue weighted by Gasteiger charge is -2.13. The maximum Gasteiger partial charge on any atom is 0.305 e. The van der Waals surface area contributed by atoms with Crippen LogP contribution in [0.15, 0.2) is 30.3 Å². The summed E-state index contributed by atoms with van der Waals surface area (Å²) in [6.07, 6.45) is 4.12. The summed E-state index contributed by atoms with van der Waals surface area (Å²) in [7, 11) is 0. The SMILES string of the molecule is CC(C)c1c(C(=O)NC2CCCC2)nn(-c2ccc(F)cc2)c1C=C[C@H](O)C[C@@H](O)CC(=O)O. The monoisotopic (exact) mass is 473 g/mol. The first-order valence-corrected chi connectivity index (χ1v) is 11.6. The van der Waals surface area contributed by atoms with Crippen LogP contribution in [-0.2, 0) is 4.79 Å². The number of aliphatic carboxylic acids is 1. The molecular weight excluding hydrogens is 441 g/mol. The van der Waals surface area contributed by atoms with Crippen molar-refractivity contribution in [3.8, 4) is 5.69 Å². The van der Waals surface area contributed by atoms with Crippen LogP contribution < -0.4 is 5.32 Å². The zero-order chi connectivity index (χ0) is 24.8. The van der Waals surface area contributed by atoms with Crippen molar-refractivity contribution < 1.29 is 29.3 Å². The van der Waals surface area contributed by atoms with Gasteiger partial charge in [-0.15, -0.1) is 0 Å². The Kier molecular flexibility index (Phi) is 8.57. The molecule has 0 saturated heterocycles. The van der Waals surface area contributed by atoms with E-state index in [2.05, 4.69) is 10.4 Å². The van der Waals surface area contributed by atoms with Crippen LogP contribution in [0, 0.1) is 5.82 Å². The number of nitrogens with zero attached hydrogens (tertiary/aromatic N) is 2. The van der Waals surface area contributed by atoms with Gasteiger partial charge in [-0.2, -0.15) is 5.10 Å². The number of hydrogen-bond donors (Lipinski definition) is 4. The Morgan fingerprint density at radius 1 is 1.21 bits per heavy atom. The molecule has 184 valence electrons. The van der Waals surface area contributed by atoms with Gasteiger partial charge in [-0.05, 0) is 49.1 Å². The summed E-state index contributed by atoms with van der Waals surface area (Å²) in [5.74, 6) is -1.92. The van der Waals surface area contributed by atoms with Gasteiger partial charge in [0.2, 0.25) is 0 Å². The molecule has 1 aromatic carbocycles. The fraction of sp³-hybridized carbons (Fsp3) is 0.480. The number of carboxylic acids is 1. The molecule has 0 bridgehead atoms. The van der Waals surface area contributed by atoms with Crippen LogP contribution >= 0.6 is 0 Å². The Bertz CT molecular complexity index is 1030. The summed E-state index contributed by atoms with van der Waals surface area (Å²) < 4.78 is 15.1. The van der Waals surface area contributed by atoms with E-state index in [-0.39, 0.29) is 30.0 Å². The van der Waals surface area contributed by atoms with E-state index in [4.69, 9.17) is 5.11 Å². The minimum atomic E-state index is -1.20. The Hall–Kier alpha value is -3.04. The number of halogens is 1. The van der Waals surface area contributed by atoms with Gasteiger partial charge in [-0.3, -0.25) is 9.59 Å². The van der Waals surface area contributed by atoms with Gasteiger partial charge in [0.1, 0.15) is 5.82 Å². The number of aliphatic hydroxyl groups excluding tert-OH is 2. The number of amides is 1. The molecule has 8 nitrogen and oxygen atoms in total. The van der Waals surface area contributed by atoms with Gasteiger partial charge >= 0.3 is 5.97 Å². The Morgan fingerprint density at radius 2 is 1.85 bits per heavy atom.